The number of aliphatic imine (C=N–C) groups is 1. The number of hydrogen-bond acceptors (Lipinski definition) is 2. The number of nitrogens with zero attached hydrogens (tertiary/aromatic N) is 1. The summed E-state index contributed by atoms with van der Waals surface area (Å²) in [7, 11) is 1.72. The minimum Gasteiger partial charge on any atom is -0.496 e. The lowest BCUT2D eigenvalue weighted by Gasteiger charge is -2.16. The molecule has 0 spiro atoms. The van der Waals surface area contributed by atoms with Crippen molar-refractivity contribution in [3.63, 3.8) is 0 Å². The topological polar surface area (TPSA) is 37.4 Å². The average Bonchev–Trinajstić information content (AvgIpc) is 3.16. The number of nitrogens with one attached hydrogen (secondary N) is 1. The van der Waals surface area contributed by atoms with Gasteiger partial charge in [-0.1, -0.05) is 24.3 Å². The van der Waals surface area contributed by atoms with Crippen LogP contribution < -0.4 is 4.74 Å². The van der Waals surface area contributed by atoms with Gasteiger partial charge in [0.2, 0.25) is 0 Å². The first-order chi connectivity index (χ1) is 13.0. The molecule has 0 saturated carbocycles. The van der Waals surface area contributed by atoms with E-state index in [0.717, 1.165) is 45.1 Å². The number of fused-ring (bicyclic) bond motifs is 1. The van der Waals surface area contributed by atoms with Crippen LogP contribution in [0.5, 0.6) is 5.75 Å². The lowest BCUT2D eigenvalue weighted by Crippen LogP contribution is -1.98. The summed E-state index contributed by atoms with van der Waals surface area (Å²) in [6.45, 7) is 8.42. The molecule has 0 aliphatic carbocycles. The van der Waals surface area contributed by atoms with E-state index in [1.807, 2.05) is 13.0 Å². The molecule has 3 nitrogen and oxygen atoms in total. The van der Waals surface area contributed by atoms with Crippen LogP contribution >= 0.6 is 0 Å². The van der Waals surface area contributed by atoms with E-state index in [1.165, 1.54) is 16.5 Å². The van der Waals surface area contributed by atoms with Gasteiger partial charge in [-0.05, 0) is 74.1 Å². The van der Waals surface area contributed by atoms with Crippen molar-refractivity contribution in [2.75, 3.05) is 7.11 Å². The Hall–Kier alpha value is -3.07. The van der Waals surface area contributed by atoms with Crippen LogP contribution in [0.1, 0.15) is 36.4 Å². The summed E-state index contributed by atoms with van der Waals surface area (Å²) in [5, 5.41) is 2.27. The zero-order valence-corrected chi connectivity index (χ0v) is 16.5. The number of methoxy groups -OCH3 is 1. The molecule has 2 aromatic carbocycles. The van der Waals surface area contributed by atoms with Gasteiger partial charge in [-0.15, -0.1) is 0 Å². The van der Waals surface area contributed by atoms with Crippen molar-refractivity contribution in [2.45, 2.75) is 27.7 Å². The second kappa shape index (κ2) is 6.58. The lowest BCUT2D eigenvalue weighted by molar-refractivity contribution is 0.420. The Kier molecular flexibility index (Phi) is 4.23. The fourth-order valence-corrected chi connectivity index (χ4v) is 3.97. The highest BCUT2D eigenvalue weighted by atomic mass is 16.5. The van der Waals surface area contributed by atoms with Crippen molar-refractivity contribution in [3.8, 4) is 5.75 Å². The van der Waals surface area contributed by atoms with Gasteiger partial charge in [-0.25, -0.2) is 0 Å². The van der Waals surface area contributed by atoms with Crippen LogP contribution in [0.15, 0.2) is 64.8 Å². The van der Waals surface area contributed by atoms with Gasteiger partial charge in [0.05, 0.1) is 18.5 Å². The third-order valence-electron chi connectivity index (χ3n) is 5.10. The van der Waals surface area contributed by atoms with Gasteiger partial charge >= 0.3 is 0 Å². The van der Waals surface area contributed by atoms with E-state index in [1.54, 1.807) is 7.11 Å². The minimum absolute atomic E-state index is 0.886. The molecular weight excluding hydrogens is 332 g/mol. The molecule has 1 aliphatic rings. The number of benzene rings is 2. The third kappa shape index (κ3) is 2.89. The molecule has 0 atom stereocenters. The molecule has 0 amide bonds. The number of hydrogen-bond donors (Lipinski definition) is 1. The summed E-state index contributed by atoms with van der Waals surface area (Å²) in [6, 6.07) is 14.8. The van der Waals surface area contributed by atoms with Gasteiger partial charge in [0.1, 0.15) is 5.75 Å². The van der Waals surface area contributed by atoms with E-state index in [2.05, 4.69) is 68.2 Å². The van der Waals surface area contributed by atoms with E-state index in [-0.39, 0.29) is 0 Å². The molecular formula is C24H24N2O. The molecule has 2 heterocycles. The highest BCUT2D eigenvalue weighted by molar-refractivity contribution is 6.05. The van der Waals surface area contributed by atoms with Gasteiger partial charge in [0.15, 0.2) is 0 Å². The fraction of sp³-hybridized carbons (Fsp3) is 0.208. The van der Waals surface area contributed by atoms with Crippen LogP contribution in [0.3, 0.4) is 0 Å². The van der Waals surface area contributed by atoms with Crippen LogP contribution in [0.2, 0.25) is 0 Å². The van der Waals surface area contributed by atoms with Crippen LogP contribution in [-0.4, -0.2) is 17.8 Å². The SMILES string of the molecule is COc1ccc(/C(=C2/N=C(C)C=C2C)c2[nH]c(C)cc2C)c2ccccc12. The molecule has 1 N–H and O–H groups in total. The van der Waals surface area contributed by atoms with Crippen LogP contribution in [0.4, 0.5) is 0 Å². The summed E-state index contributed by atoms with van der Waals surface area (Å²) < 4.78 is 5.60. The van der Waals surface area contributed by atoms with Crippen LogP contribution in [-0.2, 0) is 0 Å². The van der Waals surface area contributed by atoms with Gasteiger partial charge in [-0.3, -0.25) is 4.99 Å². The first-order valence-electron chi connectivity index (χ1n) is 9.20. The lowest BCUT2D eigenvalue weighted by atomic mass is 9.91. The average molecular weight is 356 g/mol. The van der Waals surface area contributed by atoms with Crippen molar-refractivity contribution < 1.29 is 4.74 Å². The number of rotatable bonds is 3. The highest BCUT2D eigenvalue weighted by Gasteiger charge is 2.22. The summed E-state index contributed by atoms with van der Waals surface area (Å²) >= 11 is 0. The summed E-state index contributed by atoms with van der Waals surface area (Å²) in [5.74, 6) is 0.886. The Morgan fingerprint density at radius 2 is 1.70 bits per heavy atom. The highest BCUT2D eigenvalue weighted by Crippen LogP contribution is 2.40. The largest absolute Gasteiger partial charge is 0.496 e. The Balaban J connectivity index is 2.11. The van der Waals surface area contributed by atoms with Crippen molar-refractivity contribution in [1.29, 1.82) is 0 Å². The molecule has 0 radical (unpaired) electrons. The maximum Gasteiger partial charge on any atom is 0.126 e. The van der Waals surface area contributed by atoms with Gasteiger partial charge in [0.25, 0.3) is 0 Å². The monoisotopic (exact) mass is 356 g/mol. The zero-order chi connectivity index (χ0) is 19.1. The van der Waals surface area contributed by atoms with E-state index in [4.69, 9.17) is 9.73 Å². The van der Waals surface area contributed by atoms with E-state index in [9.17, 15) is 0 Å². The number of H-pyrrole nitrogens is 1. The van der Waals surface area contributed by atoms with E-state index >= 15 is 0 Å². The second-order valence-electron chi connectivity index (χ2n) is 7.18. The maximum absolute atomic E-state index is 5.60. The van der Waals surface area contributed by atoms with Crippen molar-refractivity contribution in [3.05, 3.63) is 82.3 Å². The van der Waals surface area contributed by atoms with Gasteiger partial charge in [-0.2, -0.15) is 0 Å². The zero-order valence-electron chi connectivity index (χ0n) is 16.5. The molecule has 1 aliphatic heterocycles. The Labute approximate surface area is 160 Å². The molecule has 1 aromatic heterocycles. The second-order valence-corrected chi connectivity index (χ2v) is 7.18. The van der Waals surface area contributed by atoms with Gasteiger partial charge in [0, 0.05) is 22.4 Å². The maximum atomic E-state index is 5.60. The summed E-state index contributed by atoms with van der Waals surface area (Å²) in [6.07, 6.45) is 2.15. The quantitative estimate of drug-likeness (QED) is 0.616. The van der Waals surface area contributed by atoms with E-state index in [0.29, 0.717) is 0 Å². The number of aryl methyl sites for hydroxylation is 2. The minimum atomic E-state index is 0.886. The molecule has 0 fully saturated rings. The van der Waals surface area contributed by atoms with Crippen molar-refractivity contribution in [2.24, 2.45) is 4.99 Å². The van der Waals surface area contributed by atoms with Crippen molar-refractivity contribution in [1.82, 2.24) is 4.98 Å². The van der Waals surface area contributed by atoms with E-state index < -0.39 is 0 Å². The number of aromatic nitrogens is 1. The predicted molar refractivity (Wildman–Crippen MR) is 114 cm³/mol. The molecule has 27 heavy (non-hydrogen) atoms. The smallest absolute Gasteiger partial charge is 0.126 e. The molecule has 0 unspecified atom stereocenters. The Morgan fingerprint density at radius 3 is 2.30 bits per heavy atom. The predicted octanol–water partition coefficient (Wildman–Crippen LogP) is 5.97. The standard InChI is InChI=1S/C24H24N2O/c1-14-12-16(3)25-23(14)22(24-15(2)13-17(4)26-24)20-10-11-21(27-5)19-9-7-6-8-18(19)20/h6-13,25H,1-5H3/b24-22-. The van der Waals surface area contributed by atoms with Crippen molar-refractivity contribution >= 4 is 22.1 Å². The normalized spacial score (nSPS) is 15.7. The van der Waals surface area contributed by atoms with Gasteiger partial charge < -0.3 is 9.72 Å². The number of aromatic amines is 1. The molecule has 3 heteroatoms. The first kappa shape index (κ1) is 17.3. The first-order valence-corrected chi connectivity index (χ1v) is 9.20. The number of allylic oxidation sites excluding steroid dienone is 2. The molecule has 3 aromatic rings. The fourth-order valence-electron chi connectivity index (χ4n) is 3.97. The molecule has 0 bridgehead atoms. The Bertz CT molecular complexity index is 1140. The Morgan fingerprint density at radius 1 is 0.963 bits per heavy atom. The molecule has 136 valence electrons. The van der Waals surface area contributed by atoms with Crippen LogP contribution in [0.25, 0.3) is 16.3 Å². The summed E-state index contributed by atoms with van der Waals surface area (Å²) in [5.41, 5.74) is 9.08. The molecule has 0 saturated heterocycles. The summed E-state index contributed by atoms with van der Waals surface area (Å²) in [4.78, 5) is 8.44. The third-order valence-corrected chi connectivity index (χ3v) is 5.10. The molecule has 4 rings (SSSR count). The van der Waals surface area contributed by atoms with Crippen LogP contribution in [0, 0.1) is 13.8 Å². The number of ether oxygens (including phenoxy) is 1.